The van der Waals surface area contributed by atoms with Crippen molar-refractivity contribution >= 4 is 18.4 Å². The molecular formula is C21H36Sn. The van der Waals surface area contributed by atoms with Gasteiger partial charge in [-0.3, -0.25) is 0 Å². The molecule has 22 heavy (non-hydrogen) atoms. The van der Waals surface area contributed by atoms with Crippen LogP contribution < -0.4 is 0 Å². The van der Waals surface area contributed by atoms with Crippen LogP contribution in [0, 0.1) is 0 Å². The average molecular weight is 407 g/mol. The third-order valence-electron chi connectivity index (χ3n) is 4.75. The molecule has 0 bridgehead atoms. The van der Waals surface area contributed by atoms with Crippen molar-refractivity contribution in [3.8, 4) is 0 Å². The molecule has 0 spiro atoms. The van der Waals surface area contributed by atoms with Crippen LogP contribution in [-0.4, -0.2) is 18.4 Å². The molecule has 0 atom stereocenters. The zero-order valence-corrected chi connectivity index (χ0v) is 18.0. The molecule has 124 valence electrons. The molecule has 0 unspecified atom stereocenters. The molecule has 0 amide bonds. The van der Waals surface area contributed by atoms with Crippen LogP contribution in [0.3, 0.4) is 0 Å². The summed E-state index contributed by atoms with van der Waals surface area (Å²) in [7, 11) is 0. The fourth-order valence-corrected chi connectivity index (χ4v) is 17.7. The third kappa shape index (κ3) is 7.85. The number of hydrogen-bond donors (Lipinski definition) is 0. The standard InChI is InChI=1S/C9H9.3C4H9.Sn/c1-2-6-9-7-4-3-5-8-9;3*1-3-4-2;/h1-5,7-8H,6H2;3*1,3-4H2,2H3;. The van der Waals surface area contributed by atoms with E-state index in [2.05, 4.69) is 61.3 Å². The Morgan fingerprint density at radius 3 is 1.73 bits per heavy atom. The first-order chi connectivity index (χ1) is 10.8. The Balaban J connectivity index is 2.75. The van der Waals surface area contributed by atoms with E-state index in [-0.39, 0.29) is 0 Å². The van der Waals surface area contributed by atoms with Crippen molar-refractivity contribution in [3.05, 3.63) is 46.1 Å². The third-order valence-corrected chi connectivity index (χ3v) is 19.0. The molecule has 0 aromatic heterocycles. The van der Waals surface area contributed by atoms with Crippen molar-refractivity contribution in [1.29, 1.82) is 0 Å². The Hall–Kier alpha value is -0.241. The molecule has 0 heterocycles. The van der Waals surface area contributed by atoms with E-state index in [1.165, 1.54) is 44.1 Å². The van der Waals surface area contributed by atoms with Crippen molar-refractivity contribution < 1.29 is 0 Å². The van der Waals surface area contributed by atoms with E-state index in [0.717, 1.165) is 6.42 Å². The molecule has 0 saturated carbocycles. The van der Waals surface area contributed by atoms with E-state index in [4.69, 9.17) is 0 Å². The molecule has 1 rings (SSSR count). The van der Waals surface area contributed by atoms with Gasteiger partial charge in [0.1, 0.15) is 0 Å². The van der Waals surface area contributed by atoms with Crippen LogP contribution in [0.5, 0.6) is 0 Å². The first-order valence-corrected chi connectivity index (χ1v) is 17.2. The molecule has 1 aromatic rings. The topological polar surface area (TPSA) is 0 Å². The summed E-state index contributed by atoms with van der Waals surface area (Å²) in [5.41, 5.74) is 1.46. The van der Waals surface area contributed by atoms with Gasteiger partial charge in [-0.2, -0.15) is 0 Å². The van der Waals surface area contributed by atoms with Crippen molar-refractivity contribution in [2.24, 2.45) is 0 Å². The predicted octanol–water partition coefficient (Wildman–Crippen LogP) is 7.17. The number of rotatable bonds is 12. The monoisotopic (exact) mass is 408 g/mol. The zero-order chi connectivity index (χ0) is 16.1. The molecule has 0 aliphatic carbocycles. The van der Waals surface area contributed by atoms with Gasteiger partial charge >= 0.3 is 143 Å². The molecule has 1 heteroatoms. The maximum absolute atomic E-state index is 2.79. The van der Waals surface area contributed by atoms with Crippen LogP contribution in [0.25, 0.3) is 0 Å². The van der Waals surface area contributed by atoms with Gasteiger partial charge in [0.05, 0.1) is 0 Å². The number of benzene rings is 1. The van der Waals surface area contributed by atoms with Crippen molar-refractivity contribution in [1.82, 2.24) is 0 Å². The normalized spacial score (nSPS) is 12.1. The van der Waals surface area contributed by atoms with Gasteiger partial charge in [0.2, 0.25) is 0 Å². The minimum absolute atomic E-state index is 1.13. The van der Waals surface area contributed by atoms with Gasteiger partial charge in [-0.15, -0.1) is 0 Å². The van der Waals surface area contributed by atoms with Gasteiger partial charge in [0.25, 0.3) is 0 Å². The molecule has 0 fully saturated rings. The van der Waals surface area contributed by atoms with Crippen LogP contribution in [-0.2, 0) is 6.42 Å². The minimum atomic E-state index is -2.04. The summed E-state index contributed by atoms with van der Waals surface area (Å²) >= 11 is -2.04. The number of hydrogen-bond acceptors (Lipinski definition) is 0. The second kappa shape index (κ2) is 12.2. The van der Waals surface area contributed by atoms with Crippen LogP contribution in [0.4, 0.5) is 0 Å². The summed E-state index contributed by atoms with van der Waals surface area (Å²) < 4.78 is 7.53. The van der Waals surface area contributed by atoms with Gasteiger partial charge in [0.15, 0.2) is 0 Å². The van der Waals surface area contributed by atoms with Gasteiger partial charge in [0, 0.05) is 0 Å². The van der Waals surface area contributed by atoms with E-state index < -0.39 is 18.4 Å². The fraction of sp³-hybridized carbons (Fsp3) is 0.619. The summed E-state index contributed by atoms with van der Waals surface area (Å²) in [4.78, 5) is 0. The molecule has 0 nitrogen and oxygen atoms in total. The molecule has 0 radical (unpaired) electrons. The summed E-state index contributed by atoms with van der Waals surface area (Å²) in [5.74, 6) is 0. The van der Waals surface area contributed by atoms with E-state index >= 15 is 0 Å². The number of allylic oxidation sites excluding steroid dienone is 1. The SMILES string of the molecule is CCC[CH2][Sn](/[CH]=C/Cc1ccccc1)([CH2]CCC)[CH2]CCC. The van der Waals surface area contributed by atoms with Crippen molar-refractivity contribution in [3.63, 3.8) is 0 Å². The first-order valence-electron chi connectivity index (χ1n) is 9.48. The number of unbranched alkanes of at least 4 members (excludes halogenated alkanes) is 3. The summed E-state index contributed by atoms with van der Waals surface area (Å²) in [6.07, 6.45) is 12.1. The quantitative estimate of drug-likeness (QED) is 0.322. The summed E-state index contributed by atoms with van der Waals surface area (Å²) in [6.45, 7) is 7.05. The van der Waals surface area contributed by atoms with Crippen LogP contribution >= 0.6 is 0 Å². The molecule has 1 aromatic carbocycles. The van der Waals surface area contributed by atoms with Crippen LogP contribution in [0.2, 0.25) is 13.3 Å². The molecule has 0 saturated heterocycles. The fourth-order valence-electron chi connectivity index (χ4n) is 3.27. The van der Waals surface area contributed by atoms with E-state index in [1.54, 1.807) is 13.3 Å². The van der Waals surface area contributed by atoms with Crippen molar-refractivity contribution in [2.45, 2.75) is 79.0 Å². The van der Waals surface area contributed by atoms with E-state index in [0.29, 0.717) is 0 Å². The Morgan fingerprint density at radius 2 is 1.27 bits per heavy atom. The van der Waals surface area contributed by atoms with Gasteiger partial charge in [-0.1, -0.05) is 0 Å². The average Bonchev–Trinajstić information content (AvgIpc) is 2.57. The van der Waals surface area contributed by atoms with Gasteiger partial charge in [-0.25, -0.2) is 0 Å². The second-order valence-corrected chi connectivity index (χ2v) is 19.8. The summed E-state index contributed by atoms with van der Waals surface area (Å²) in [5, 5.41) is 0. The Labute approximate surface area is 143 Å². The predicted molar refractivity (Wildman–Crippen MR) is 104 cm³/mol. The Morgan fingerprint density at radius 1 is 0.773 bits per heavy atom. The van der Waals surface area contributed by atoms with Gasteiger partial charge in [-0.05, 0) is 0 Å². The molecule has 0 aliphatic rings. The first kappa shape index (κ1) is 19.8. The Kier molecular flexibility index (Phi) is 11.0. The van der Waals surface area contributed by atoms with Gasteiger partial charge < -0.3 is 0 Å². The molecule has 0 N–H and O–H groups in total. The van der Waals surface area contributed by atoms with E-state index in [1.807, 2.05) is 0 Å². The Bertz CT molecular complexity index is 372. The van der Waals surface area contributed by atoms with Crippen LogP contribution in [0.15, 0.2) is 40.5 Å². The second-order valence-electron chi connectivity index (χ2n) is 6.77. The van der Waals surface area contributed by atoms with Crippen molar-refractivity contribution in [2.75, 3.05) is 0 Å². The van der Waals surface area contributed by atoms with Crippen LogP contribution in [0.1, 0.15) is 64.9 Å². The maximum atomic E-state index is 2.79. The molecular weight excluding hydrogens is 371 g/mol. The summed E-state index contributed by atoms with van der Waals surface area (Å²) in [6, 6.07) is 10.9. The van der Waals surface area contributed by atoms with E-state index in [9.17, 15) is 0 Å². The molecule has 0 aliphatic heterocycles. The zero-order valence-electron chi connectivity index (χ0n) is 15.1.